The van der Waals surface area contributed by atoms with Crippen molar-refractivity contribution in [1.82, 2.24) is 9.80 Å². The van der Waals surface area contributed by atoms with Gasteiger partial charge in [-0.2, -0.15) is 0 Å². The van der Waals surface area contributed by atoms with Gasteiger partial charge in [-0.3, -0.25) is 14.6 Å². The average Bonchev–Trinajstić information content (AvgIpc) is 2.36. The molecule has 1 fully saturated rings. The number of carbonyl (C=O) groups is 1. The summed E-state index contributed by atoms with van der Waals surface area (Å²) in [6, 6.07) is 0. The minimum absolute atomic E-state index is 0.204. The van der Waals surface area contributed by atoms with Gasteiger partial charge in [-0.25, -0.2) is 0 Å². The second kappa shape index (κ2) is 9.55. The van der Waals surface area contributed by atoms with Crippen molar-refractivity contribution in [3.05, 3.63) is 0 Å². The highest BCUT2D eigenvalue weighted by Crippen LogP contribution is 2.01. The second-order valence-corrected chi connectivity index (χ2v) is 4.70. The zero-order valence-electron chi connectivity index (χ0n) is 11.1. The first-order chi connectivity index (χ1) is 8.72. The van der Waals surface area contributed by atoms with Crippen LogP contribution in [0.15, 0.2) is 0 Å². The van der Waals surface area contributed by atoms with Gasteiger partial charge in [0.2, 0.25) is 0 Å². The molecule has 1 heterocycles. The first-order valence-corrected chi connectivity index (χ1v) is 6.97. The quantitative estimate of drug-likeness (QED) is 0.366. The Morgan fingerprint density at radius 3 is 2.11 bits per heavy atom. The van der Waals surface area contributed by atoms with Gasteiger partial charge in [-0.05, 0) is 0 Å². The van der Waals surface area contributed by atoms with E-state index < -0.39 is 0 Å². The maximum Gasteiger partial charge on any atom is 0.302 e. The predicted molar refractivity (Wildman–Crippen MR) is 71.1 cm³/mol. The van der Waals surface area contributed by atoms with Crippen LogP contribution < -0.4 is 0 Å². The summed E-state index contributed by atoms with van der Waals surface area (Å²) >= 11 is 5.53. The highest BCUT2D eigenvalue weighted by molar-refractivity contribution is 6.17. The summed E-state index contributed by atoms with van der Waals surface area (Å²) in [5.41, 5.74) is 0. The number of ether oxygens (including phenoxy) is 2. The molecule has 1 aliphatic rings. The maximum atomic E-state index is 10.6. The molecular weight excluding hydrogens is 256 g/mol. The second-order valence-electron chi connectivity index (χ2n) is 4.32. The van der Waals surface area contributed by atoms with Crippen molar-refractivity contribution in [2.75, 3.05) is 65.0 Å². The average molecular weight is 279 g/mol. The molecule has 0 amide bonds. The lowest BCUT2D eigenvalue weighted by Gasteiger charge is -2.34. The number of nitrogens with zero attached hydrogens (tertiary/aromatic N) is 2. The summed E-state index contributed by atoms with van der Waals surface area (Å²) in [6.07, 6.45) is 0. The number of hydrogen-bond donors (Lipinski definition) is 0. The third-order valence-electron chi connectivity index (χ3n) is 2.95. The third-order valence-corrected chi connectivity index (χ3v) is 3.11. The van der Waals surface area contributed by atoms with Gasteiger partial charge in [-0.15, -0.1) is 11.6 Å². The molecule has 0 unspecified atom stereocenters. The fourth-order valence-corrected chi connectivity index (χ4v) is 2.01. The van der Waals surface area contributed by atoms with Gasteiger partial charge in [0, 0.05) is 52.1 Å². The molecule has 0 aliphatic carbocycles. The standard InChI is InChI=1S/C12H23ClN2O3/c1-12(16)18-11-8-15-5-3-14(4-6-15)7-10-17-9-2-13/h2-11H2,1H3. The Morgan fingerprint density at radius 2 is 1.61 bits per heavy atom. The molecule has 0 aromatic rings. The number of halogens is 1. The van der Waals surface area contributed by atoms with Crippen molar-refractivity contribution in [2.45, 2.75) is 6.92 Å². The van der Waals surface area contributed by atoms with E-state index in [0.29, 0.717) is 19.1 Å². The van der Waals surface area contributed by atoms with E-state index in [1.165, 1.54) is 6.92 Å². The first kappa shape index (κ1) is 15.7. The topological polar surface area (TPSA) is 42.0 Å². The van der Waals surface area contributed by atoms with E-state index in [-0.39, 0.29) is 5.97 Å². The van der Waals surface area contributed by atoms with Crippen LogP contribution in [0.4, 0.5) is 0 Å². The summed E-state index contributed by atoms with van der Waals surface area (Å²) in [5.74, 6) is 0.356. The molecule has 18 heavy (non-hydrogen) atoms. The smallest absolute Gasteiger partial charge is 0.302 e. The zero-order valence-corrected chi connectivity index (χ0v) is 11.8. The summed E-state index contributed by atoms with van der Waals surface area (Å²) in [4.78, 5) is 15.3. The van der Waals surface area contributed by atoms with Crippen molar-refractivity contribution in [3.8, 4) is 0 Å². The Hall–Kier alpha value is -0.360. The molecule has 1 saturated heterocycles. The molecule has 0 atom stereocenters. The highest BCUT2D eigenvalue weighted by Gasteiger charge is 2.16. The minimum Gasteiger partial charge on any atom is -0.465 e. The van der Waals surface area contributed by atoms with Crippen LogP contribution in [0.2, 0.25) is 0 Å². The number of rotatable bonds is 8. The zero-order chi connectivity index (χ0) is 13.2. The molecule has 5 nitrogen and oxygen atoms in total. The molecule has 106 valence electrons. The van der Waals surface area contributed by atoms with E-state index in [2.05, 4.69) is 9.80 Å². The molecule has 0 spiro atoms. The van der Waals surface area contributed by atoms with Crippen LogP contribution in [-0.4, -0.2) is 80.7 Å². The Balaban J connectivity index is 2.00. The van der Waals surface area contributed by atoms with Crippen molar-refractivity contribution in [2.24, 2.45) is 0 Å². The number of alkyl halides is 1. The molecule has 0 saturated carbocycles. The Bertz CT molecular complexity index is 233. The molecule has 0 bridgehead atoms. The van der Waals surface area contributed by atoms with Gasteiger partial charge in [0.25, 0.3) is 0 Å². The largest absolute Gasteiger partial charge is 0.465 e. The van der Waals surface area contributed by atoms with E-state index >= 15 is 0 Å². The SMILES string of the molecule is CC(=O)OCCN1CCN(CCOCCCl)CC1. The predicted octanol–water partition coefficient (Wildman–Crippen LogP) is 0.423. The van der Waals surface area contributed by atoms with Crippen LogP contribution in [0, 0.1) is 0 Å². The van der Waals surface area contributed by atoms with Crippen molar-refractivity contribution < 1.29 is 14.3 Å². The van der Waals surface area contributed by atoms with Crippen LogP contribution in [0.5, 0.6) is 0 Å². The van der Waals surface area contributed by atoms with Crippen molar-refractivity contribution >= 4 is 17.6 Å². The number of esters is 1. The van der Waals surface area contributed by atoms with Crippen LogP contribution in [-0.2, 0) is 14.3 Å². The Labute approximate surface area is 114 Å². The molecule has 1 aliphatic heterocycles. The fourth-order valence-electron chi connectivity index (χ4n) is 1.91. The monoisotopic (exact) mass is 278 g/mol. The lowest BCUT2D eigenvalue weighted by molar-refractivity contribution is -0.141. The molecule has 0 N–H and O–H groups in total. The maximum absolute atomic E-state index is 10.6. The van der Waals surface area contributed by atoms with E-state index in [0.717, 1.165) is 45.9 Å². The van der Waals surface area contributed by atoms with Crippen molar-refractivity contribution in [1.29, 1.82) is 0 Å². The van der Waals surface area contributed by atoms with Crippen LogP contribution in [0.3, 0.4) is 0 Å². The summed E-state index contributed by atoms with van der Waals surface area (Å²) in [5, 5.41) is 0. The molecule has 6 heteroatoms. The van der Waals surface area contributed by atoms with Gasteiger partial charge in [0.05, 0.1) is 13.2 Å². The van der Waals surface area contributed by atoms with Crippen LogP contribution in [0.25, 0.3) is 0 Å². The van der Waals surface area contributed by atoms with Gasteiger partial charge >= 0.3 is 5.97 Å². The summed E-state index contributed by atoms with van der Waals surface area (Å²) < 4.78 is 10.3. The number of carbonyl (C=O) groups excluding carboxylic acids is 1. The normalized spacial score (nSPS) is 17.9. The lowest BCUT2D eigenvalue weighted by Crippen LogP contribution is -2.48. The summed E-state index contributed by atoms with van der Waals surface area (Å²) in [6.45, 7) is 9.25. The van der Waals surface area contributed by atoms with E-state index in [4.69, 9.17) is 21.1 Å². The van der Waals surface area contributed by atoms with E-state index in [9.17, 15) is 4.79 Å². The van der Waals surface area contributed by atoms with Gasteiger partial charge in [0.1, 0.15) is 6.61 Å². The molecular formula is C12H23ClN2O3. The Kier molecular flexibility index (Phi) is 8.33. The third kappa shape index (κ3) is 7.16. The number of hydrogen-bond acceptors (Lipinski definition) is 5. The van der Waals surface area contributed by atoms with Gasteiger partial charge in [-0.1, -0.05) is 0 Å². The van der Waals surface area contributed by atoms with Gasteiger partial charge in [0.15, 0.2) is 0 Å². The van der Waals surface area contributed by atoms with Gasteiger partial charge < -0.3 is 9.47 Å². The van der Waals surface area contributed by atoms with E-state index in [1.54, 1.807) is 0 Å². The fraction of sp³-hybridized carbons (Fsp3) is 0.917. The van der Waals surface area contributed by atoms with Crippen LogP contribution in [0.1, 0.15) is 6.92 Å². The molecule has 0 aromatic heterocycles. The molecule has 0 aromatic carbocycles. The Morgan fingerprint density at radius 1 is 1.06 bits per heavy atom. The highest BCUT2D eigenvalue weighted by atomic mass is 35.5. The van der Waals surface area contributed by atoms with Crippen LogP contribution >= 0.6 is 11.6 Å². The molecule has 1 rings (SSSR count). The van der Waals surface area contributed by atoms with Crippen molar-refractivity contribution in [3.63, 3.8) is 0 Å². The first-order valence-electron chi connectivity index (χ1n) is 6.44. The molecule has 0 radical (unpaired) electrons. The summed E-state index contributed by atoms with van der Waals surface area (Å²) in [7, 11) is 0. The minimum atomic E-state index is -0.204. The lowest BCUT2D eigenvalue weighted by atomic mass is 10.3. The number of piperazine rings is 1. The van der Waals surface area contributed by atoms with E-state index in [1.807, 2.05) is 0 Å².